The van der Waals surface area contributed by atoms with Gasteiger partial charge in [-0.05, 0) is 0 Å². The Balaban J connectivity index is 0. The van der Waals surface area contributed by atoms with Crippen molar-refractivity contribution in [2.24, 2.45) is 0 Å². The fraction of sp³-hybridized carbons (Fsp3) is 1.00. The third-order valence-electron chi connectivity index (χ3n) is 1.16. The van der Waals surface area contributed by atoms with E-state index in [1.54, 1.807) is 0 Å². The minimum absolute atomic E-state index is 0. The Morgan fingerprint density at radius 2 is 1.09 bits per heavy atom. The van der Waals surface area contributed by atoms with E-state index in [0.29, 0.717) is 0 Å². The van der Waals surface area contributed by atoms with E-state index in [0.717, 1.165) is 0 Å². The summed E-state index contributed by atoms with van der Waals surface area (Å²) in [6.07, 6.45) is -4.29. The Morgan fingerprint density at radius 1 is 0.818 bits per heavy atom. The van der Waals surface area contributed by atoms with Gasteiger partial charge in [0.1, 0.15) is 18.3 Å². The van der Waals surface area contributed by atoms with Gasteiger partial charge in [0.2, 0.25) is 0 Å². The van der Waals surface area contributed by atoms with Crippen molar-refractivity contribution in [3.63, 3.8) is 0 Å². The number of rotatable bonds is 4. The molecule has 0 saturated heterocycles. The summed E-state index contributed by atoms with van der Waals surface area (Å²) in [6.45, 7) is -1.28. The van der Waals surface area contributed by atoms with Gasteiger partial charge in [0.15, 0.2) is 0 Å². The Kier molecular flexibility index (Phi) is 9.04. The van der Waals surface area contributed by atoms with Gasteiger partial charge >= 0.3 is 19.8 Å². The molecule has 68 valence electrons. The SMILES string of the molecule is OC[C@@H](O)[C@H](O)[C@@H](O)CO.[GaH3]. The van der Waals surface area contributed by atoms with Gasteiger partial charge in [-0.15, -0.1) is 0 Å². The second kappa shape index (κ2) is 7.11. The van der Waals surface area contributed by atoms with E-state index >= 15 is 0 Å². The van der Waals surface area contributed by atoms with Gasteiger partial charge < -0.3 is 25.5 Å². The zero-order valence-corrected chi connectivity index (χ0v) is 5.38. The third-order valence-corrected chi connectivity index (χ3v) is 1.16. The Morgan fingerprint density at radius 3 is 1.27 bits per heavy atom. The first-order valence-electron chi connectivity index (χ1n) is 2.89. The van der Waals surface area contributed by atoms with Gasteiger partial charge in [-0.3, -0.25) is 0 Å². The fourth-order valence-corrected chi connectivity index (χ4v) is 0.472. The van der Waals surface area contributed by atoms with E-state index in [1.807, 2.05) is 0 Å². The van der Waals surface area contributed by atoms with E-state index in [9.17, 15) is 0 Å². The van der Waals surface area contributed by atoms with Gasteiger partial charge in [0, 0.05) is 0 Å². The van der Waals surface area contributed by atoms with Crippen molar-refractivity contribution >= 4 is 19.8 Å². The van der Waals surface area contributed by atoms with Crippen molar-refractivity contribution in [2.75, 3.05) is 13.2 Å². The van der Waals surface area contributed by atoms with Crippen molar-refractivity contribution in [2.45, 2.75) is 18.3 Å². The summed E-state index contributed by atoms with van der Waals surface area (Å²) in [5.74, 6) is 0. The number of aliphatic hydroxyl groups is 5. The van der Waals surface area contributed by atoms with Crippen LogP contribution in [0.1, 0.15) is 0 Å². The second-order valence-electron chi connectivity index (χ2n) is 1.99. The standard InChI is InChI=1S/C5H12O5.Ga.3H/c6-1-3(8)5(10)4(9)2-7;;;;/h3-10H,1-2H2;;;;/t3-,4+,5+;;;;. The number of hydrogen-bond donors (Lipinski definition) is 5. The van der Waals surface area contributed by atoms with E-state index < -0.39 is 31.5 Å². The Hall–Kier alpha value is 0.436. The molecule has 0 amide bonds. The molecule has 0 rings (SSSR count). The van der Waals surface area contributed by atoms with Crippen LogP contribution in [-0.2, 0) is 0 Å². The molecule has 0 bridgehead atoms. The average molecular weight is 225 g/mol. The summed E-state index contributed by atoms with van der Waals surface area (Å²) in [5.41, 5.74) is 0. The van der Waals surface area contributed by atoms with Crippen molar-refractivity contribution in [1.29, 1.82) is 0 Å². The molecule has 0 aliphatic heterocycles. The summed E-state index contributed by atoms with van der Waals surface area (Å²) >= 11 is 0. The van der Waals surface area contributed by atoms with E-state index in [-0.39, 0.29) is 19.8 Å². The predicted octanol–water partition coefficient (Wildman–Crippen LogP) is -4.13. The van der Waals surface area contributed by atoms with Crippen LogP contribution in [0.3, 0.4) is 0 Å². The topological polar surface area (TPSA) is 101 Å². The maximum atomic E-state index is 8.77. The zero-order valence-electron chi connectivity index (χ0n) is 5.38. The monoisotopic (exact) mass is 224 g/mol. The van der Waals surface area contributed by atoms with Crippen LogP contribution in [0.4, 0.5) is 0 Å². The van der Waals surface area contributed by atoms with Crippen molar-refractivity contribution in [3.8, 4) is 0 Å². The number of hydrogen-bond acceptors (Lipinski definition) is 5. The minimum atomic E-state index is -1.49. The third kappa shape index (κ3) is 4.80. The Labute approximate surface area is 77.3 Å². The average Bonchev–Trinajstić information content (AvgIpc) is 2.00. The van der Waals surface area contributed by atoms with Gasteiger partial charge in [-0.1, -0.05) is 0 Å². The molecule has 5 nitrogen and oxygen atoms in total. The molecule has 0 radical (unpaired) electrons. The summed E-state index contributed by atoms with van der Waals surface area (Å²) < 4.78 is 0. The van der Waals surface area contributed by atoms with E-state index in [2.05, 4.69) is 0 Å². The fourth-order valence-electron chi connectivity index (χ4n) is 0.472. The van der Waals surface area contributed by atoms with Crippen LogP contribution in [0.2, 0.25) is 0 Å². The van der Waals surface area contributed by atoms with Crippen LogP contribution in [0, 0.1) is 0 Å². The molecule has 0 saturated carbocycles. The van der Waals surface area contributed by atoms with Crippen LogP contribution in [0.25, 0.3) is 0 Å². The zero-order chi connectivity index (χ0) is 8.15. The molecular weight excluding hydrogens is 210 g/mol. The molecule has 5 N–H and O–H groups in total. The van der Waals surface area contributed by atoms with Crippen LogP contribution in [0.15, 0.2) is 0 Å². The quantitative estimate of drug-likeness (QED) is 0.313. The van der Waals surface area contributed by atoms with Crippen LogP contribution < -0.4 is 0 Å². The van der Waals surface area contributed by atoms with Crippen molar-refractivity contribution in [1.82, 2.24) is 0 Å². The van der Waals surface area contributed by atoms with E-state index in [1.165, 1.54) is 0 Å². The molecule has 6 heteroatoms. The first-order chi connectivity index (χ1) is 4.63. The normalized spacial score (nSPS) is 18.3. The van der Waals surface area contributed by atoms with Crippen LogP contribution >= 0.6 is 0 Å². The van der Waals surface area contributed by atoms with Crippen LogP contribution in [-0.4, -0.2) is 76.8 Å². The molecule has 3 atom stereocenters. The second-order valence-corrected chi connectivity index (χ2v) is 1.99. The molecule has 0 aliphatic rings. The molecule has 0 aliphatic carbocycles. The molecule has 11 heavy (non-hydrogen) atoms. The summed E-state index contributed by atoms with van der Waals surface area (Å²) in [7, 11) is 0. The van der Waals surface area contributed by atoms with Gasteiger partial charge in [-0.2, -0.15) is 0 Å². The maximum absolute atomic E-state index is 8.77. The molecule has 0 unspecified atom stereocenters. The molecular formula is C5H15GaO5. The molecule has 0 heterocycles. The molecule has 0 aromatic carbocycles. The molecule has 0 fully saturated rings. The van der Waals surface area contributed by atoms with E-state index in [4.69, 9.17) is 25.5 Å². The van der Waals surface area contributed by atoms with Gasteiger partial charge in [0.25, 0.3) is 0 Å². The number of aliphatic hydroxyl groups excluding tert-OH is 5. The predicted molar refractivity (Wildman–Crippen MR) is 42.1 cm³/mol. The molecule has 0 aromatic rings. The molecule has 0 aromatic heterocycles. The van der Waals surface area contributed by atoms with Crippen molar-refractivity contribution < 1.29 is 25.5 Å². The first-order valence-corrected chi connectivity index (χ1v) is 2.89. The van der Waals surface area contributed by atoms with Crippen molar-refractivity contribution in [3.05, 3.63) is 0 Å². The summed E-state index contributed by atoms with van der Waals surface area (Å²) in [5, 5.41) is 42.6. The molecule has 0 spiro atoms. The van der Waals surface area contributed by atoms with Crippen LogP contribution in [0.5, 0.6) is 0 Å². The first kappa shape index (κ1) is 14.0. The van der Waals surface area contributed by atoms with Gasteiger partial charge in [-0.25, -0.2) is 0 Å². The summed E-state index contributed by atoms with van der Waals surface area (Å²) in [6, 6.07) is 0. The van der Waals surface area contributed by atoms with Gasteiger partial charge in [0.05, 0.1) is 13.2 Å². The summed E-state index contributed by atoms with van der Waals surface area (Å²) in [4.78, 5) is 0. The Bertz CT molecular complexity index is 80.9.